The largest absolute Gasteiger partial charge is 0.321 e. The Kier molecular flexibility index (Phi) is 6.50. The van der Waals surface area contributed by atoms with E-state index >= 15 is 0 Å². The number of fused-ring (bicyclic) bond motifs is 1. The van der Waals surface area contributed by atoms with Crippen LogP contribution in [0.5, 0.6) is 0 Å². The molecule has 0 bridgehead atoms. The number of benzene rings is 3. The highest BCUT2D eigenvalue weighted by Gasteiger charge is 2.19. The van der Waals surface area contributed by atoms with Gasteiger partial charge in [0.1, 0.15) is 11.6 Å². The summed E-state index contributed by atoms with van der Waals surface area (Å²) >= 11 is 7.29. The summed E-state index contributed by atoms with van der Waals surface area (Å²) in [6.45, 7) is 1.43. The number of hydrogen-bond donors (Lipinski definition) is 1. The van der Waals surface area contributed by atoms with Crippen LogP contribution in [0, 0.1) is 11.3 Å². The van der Waals surface area contributed by atoms with Crippen molar-refractivity contribution in [1.82, 2.24) is 4.98 Å². The summed E-state index contributed by atoms with van der Waals surface area (Å²) in [7, 11) is 0. The Balaban J connectivity index is 1.61. The summed E-state index contributed by atoms with van der Waals surface area (Å²) in [5.41, 5.74) is 1.49. The van der Waals surface area contributed by atoms with Crippen molar-refractivity contribution < 1.29 is 9.59 Å². The van der Waals surface area contributed by atoms with Gasteiger partial charge in [-0.3, -0.25) is 14.5 Å². The lowest BCUT2D eigenvalue weighted by Crippen LogP contribution is -2.22. The number of amides is 2. The highest BCUT2D eigenvalue weighted by Crippen LogP contribution is 2.31. The summed E-state index contributed by atoms with van der Waals surface area (Å²) in [6, 6.07) is 22.0. The van der Waals surface area contributed by atoms with Crippen LogP contribution in [-0.2, 0) is 9.59 Å². The minimum atomic E-state index is -0.540. The van der Waals surface area contributed by atoms with Gasteiger partial charge in [0.2, 0.25) is 5.91 Å². The molecule has 0 spiro atoms. The molecule has 33 heavy (non-hydrogen) atoms. The molecule has 3 aromatic carbocycles. The van der Waals surface area contributed by atoms with Gasteiger partial charge in [-0.2, -0.15) is 5.26 Å². The van der Waals surface area contributed by atoms with Gasteiger partial charge in [0, 0.05) is 28.4 Å². The molecule has 4 rings (SSSR count). The van der Waals surface area contributed by atoms with Gasteiger partial charge >= 0.3 is 0 Å². The van der Waals surface area contributed by atoms with Gasteiger partial charge < -0.3 is 5.32 Å². The van der Waals surface area contributed by atoms with Crippen LogP contribution in [0.2, 0.25) is 5.02 Å². The Bertz CT molecular complexity index is 1430. The lowest BCUT2D eigenvalue weighted by atomic mass is 10.1. The topological polar surface area (TPSA) is 86.1 Å². The molecule has 1 N–H and O–H groups in total. The minimum absolute atomic E-state index is 0.100. The van der Waals surface area contributed by atoms with Crippen LogP contribution in [0.3, 0.4) is 0 Å². The number of nitrogens with zero attached hydrogens (tertiary/aromatic N) is 3. The van der Waals surface area contributed by atoms with Gasteiger partial charge in [-0.15, -0.1) is 11.3 Å². The maximum Gasteiger partial charge on any atom is 0.266 e. The van der Waals surface area contributed by atoms with E-state index in [0.29, 0.717) is 27.2 Å². The molecule has 0 aliphatic carbocycles. The normalized spacial score (nSPS) is 11.1. The maximum atomic E-state index is 12.8. The Labute approximate surface area is 199 Å². The maximum absolute atomic E-state index is 12.8. The second-order valence-corrected chi connectivity index (χ2v) is 8.31. The first-order valence-corrected chi connectivity index (χ1v) is 11.1. The van der Waals surface area contributed by atoms with Crippen molar-refractivity contribution in [1.29, 1.82) is 5.26 Å². The SMILES string of the molecule is CC(=O)N(c1cccc(Cl)c1)c1nc(/C=C(\C#N)C(=O)Nc2cccc3ccccc23)cs1. The van der Waals surface area contributed by atoms with Gasteiger partial charge in [-0.25, -0.2) is 4.98 Å². The average molecular weight is 473 g/mol. The highest BCUT2D eigenvalue weighted by molar-refractivity contribution is 7.14. The predicted molar refractivity (Wildman–Crippen MR) is 133 cm³/mol. The molecule has 0 unspecified atom stereocenters. The number of carbonyl (C=O) groups is 2. The number of thiazole rings is 1. The second kappa shape index (κ2) is 9.65. The third-order valence-corrected chi connectivity index (χ3v) is 5.86. The van der Waals surface area contributed by atoms with E-state index in [2.05, 4.69) is 10.3 Å². The number of hydrogen-bond acceptors (Lipinski definition) is 5. The van der Waals surface area contributed by atoms with Gasteiger partial charge in [0.15, 0.2) is 5.13 Å². The molecule has 8 heteroatoms. The first kappa shape index (κ1) is 22.2. The van der Waals surface area contributed by atoms with E-state index in [-0.39, 0.29) is 11.5 Å². The summed E-state index contributed by atoms with van der Waals surface area (Å²) < 4.78 is 0. The number of rotatable bonds is 5. The third-order valence-electron chi connectivity index (χ3n) is 4.78. The van der Waals surface area contributed by atoms with E-state index in [1.807, 2.05) is 42.5 Å². The smallest absolute Gasteiger partial charge is 0.266 e. The molecule has 0 saturated carbocycles. The molecular weight excluding hydrogens is 456 g/mol. The average Bonchev–Trinajstić information content (AvgIpc) is 3.25. The zero-order valence-electron chi connectivity index (χ0n) is 17.4. The molecule has 1 heterocycles. The molecule has 1 aromatic heterocycles. The van der Waals surface area contributed by atoms with Gasteiger partial charge in [-0.1, -0.05) is 54.1 Å². The fourth-order valence-electron chi connectivity index (χ4n) is 3.31. The highest BCUT2D eigenvalue weighted by atomic mass is 35.5. The summed E-state index contributed by atoms with van der Waals surface area (Å²) in [5.74, 6) is -0.780. The lowest BCUT2D eigenvalue weighted by molar-refractivity contribution is -0.116. The molecule has 0 atom stereocenters. The Hall–Kier alpha value is -3.99. The van der Waals surface area contributed by atoms with Crippen molar-refractivity contribution in [2.75, 3.05) is 10.2 Å². The molecule has 0 saturated heterocycles. The lowest BCUT2D eigenvalue weighted by Gasteiger charge is -2.18. The van der Waals surface area contributed by atoms with E-state index in [4.69, 9.17) is 11.6 Å². The van der Waals surface area contributed by atoms with E-state index in [0.717, 1.165) is 10.8 Å². The van der Waals surface area contributed by atoms with Crippen LogP contribution in [-0.4, -0.2) is 16.8 Å². The quantitative estimate of drug-likeness (QED) is 0.277. The molecule has 162 valence electrons. The van der Waals surface area contributed by atoms with E-state index in [1.165, 1.54) is 29.2 Å². The number of nitriles is 1. The van der Waals surface area contributed by atoms with Crippen LogP contribution >= 0.6 is 22.9 Å². The Morgan fingerprint density at radius 3 is 2.64 bits per heavy atom. The van der Waals surface area contributed by atoms with Gasteiger partial charge in [0.25, 0.3) is 5.91 Å². The Morgan fingerprint density at radius 2 is 1.88 bits per heavy atom. The third kappa shape index (κ3) is 4.93. The molecule has 2 amide bonds. The van der Waals surface area contributed by atoms with Crippen LogP contribution in [0.1, 0.15) is 12.6 Å². The van der Waals surface area contributed by atoms with Crippen molar-refractivity contribution in [3.05, 3.63) is 88.4 Å². The first-order valence-electron chi connectivity index (χ1n) is 9.89. The van der Waals surface area contributed by atoms with Crippen molar-refractivity contribution in [3.63, 3.8) is 0 Å². The molecule has 0 aliphatic rings. The standard InChI is InChI=1S/C25H17ClN4O2S/c1-16(31)30(21-9-5-8-19(26)13-21)25-28-20(15-33-25)12-18(14-27)24(32)29-23-11-4-7-17-6-2-3-10-22(17)23/h2-13,15H,1H3,(H,29,32)/b18-12+. The Morgan fingerprint density at radius 1 is 1.12 bits per heavy atom. The number of carbonyl (C=O) groups excluding carboxylic acids is 2. The molecule has 0 fully saturated rings. The number of nitrogens with one attached hydrogen (secondary N) is 1. The van der Waals surface area contributed by atoms with Gasteiger partial charge in [0.05, 0.1) is 11.4 Å². The number of anilines is 3. The van der Waals surface area contributed by atoms with Crippen LogP contribution < -0.4 is 10.2 Å². The van der Waals surface area contributed by atoms with Crippen molar-refractivity contribution >= 4 is 68.1 Å². The molecular formula is C25H17ClN4O2S. The monoisotopic (exact) mass is 472 g/mol. The minimum Gasteiger partial charge on any atom is -0.321 e. The summed E-state index contributed by atoms with van der Waals surface area (Å²) in [5, 5.41) is 16.8. The number of aromatic nitrogens is 1. The van der Waals surface area contributed by atoms with Crippen LogP contribution in [0.25, 0.3) is 16.8 Å². The fraction of sp³-hybridized carbons (Fsp3) is 0.0400. The summed E-state index contributed by atoms with van der Waals surface area (Å²) in [4.78, 5) is 30.9. The first-order chi connectivity index (χ1) is 16.0. The summed E-state index contributed by atoms with van der Waals surface area (Å²) in [6.07, 6.45) is 1.40. The van der Waals surface area contributed by atoms with Crippen molar-refractivity contribution in [2.24, 2.45) is 0 Å². The zero-order chi connectivity index (χ0) is 23.4. The van der Waals surface area contributed by atoms with E-state index in [9.17, 15) is 14.9 Å². The van der Waals surface area contributed by atoms with E-state index < -0.39 is 5.91 Å². The zero-order valence-corrected chi connectivity index (χ0v) is 19.0. The number of halogens is 1. The van der Waals surface area contributed by atoms with Gasteiger partial charge in [-0.05, 0) is 35.7 Å². The fourth-order valence-corrected chi connectivity index (χ4v) is 4.34. The van der Waals surface area contributed by atoms with Crippen LogP contribution in [0.4, 0.5) is 16.5 Å². The van der Waals surface area contributed by atoms with E-state index in [1.54, 1.807) is 35.7 Å². The molecule has 0 radical (unpaired) electrons. The molecule has 4 aromatic rings. The predicted octanol–water partition coefficient (Wildman–Crippen LogP) is 6.18. The van der Waals surface area contributed by atoms with Crippen molar-refractivity contribution in [3.8, 4) is 6.07 Å². The molecule has 0 aliphatic heterocycles. The molecule has 6 nitrogen and oxygen atoms in total. The van der Waals surface area contributed by atoms with Crippen LogP contribution in [0.15, 0.2) is 77.7 Å². The van der Waals surface area contributed by atoms with Crippen molar-refractivity contribution in [2.45, 2.75) is 6.92 Å². The second-order valence-electron chi connectivity index (χ2n) is 7.04.